The van der Waals surface area contributed by atoms with E-state index in [9.17, 15) is 9.59 Å². The maximum Gasteiger partial charge on any atom is 0.339 e. The highest BCUT2D eigenvalue weighted by Gasteiger charge is 2.39. The fourth-order valence-corrected chi connectivity index (χ4v) is 3.12. The van der Waals surface area contributed by atoms with E-state index in [2.05, 4.69) is 15.9 Å². The Morgan fingerprint density at radius 1 is 1.24 bits per heavy atom. The van der Waals surface area contributed by atoms with Crippen LogP contribution in [0.4, 0.5) is 0 Å². The van der Waals surface area contributed by atoms with E-state index in [0.29, 0.717) is 23.5 Å². The minimum atomic E-state index is -0.742. The molecule has 1 heterocycles. The number of carbonyl (C=O) groups is 2. The number of fused-ring (bicyclic) bond motifs is 1. The Hall–Kier alpha value is -2.34. The van der Waals surface area contributed by atoms with E-state index in [1.54, 1.807) is 25.1 Å². The summed E-state index contributed by atoms with van der Waals surface area (Å²) in [7, 11) is 0. The van der Waals surface area contributed by atoms with Crippen molar-refractivity contribution in [1.29, 1.82) is 0 Å². The van der Waals surface area contributed by atoms with Crippen molar-refractivity contribution in [1.82, 2.24) is 0 Å². The summed E-state index contributed by atoms with van der Waals surface area (Å²) in [6.07, 6.45) is -0.704. The largest absolute Gasteiger partial charge is 0.489 e. The van der Waals surface area contributed by atoms with Crippen LogP contribution in [0, 0.1) is 0 Å². The fraction of sp³-hybridized carbons (Fsp3) is 0.263. The van der Waals surface area contributed by atoms with Crippen molar-refractivity contribution in [2.45, 2.75) is 24.5 Å². The Bertz CT molecular complexity index is 775. The summed E-state index contributed by atoms with van der Waals surface area (Å²) in [6.45, 7) is 2.39. The quantitative estimate of drug-likeness (QED) is 0.541. The Labute approximate surface area is 154 Å². The van der Waals surface area contributed by atoms with Crippen molar-refractivity contribution < 1.29 is 23.8 Å². The molecule has 0 spiro atoms. The topological polar surface area (TPSA) is 61.8 Å². The van der Waals surface area contributed by atoms with Crippen LogP contribution in [-0.4, -0.2) is 23.4 Å². The van der Waals surface area contributed by atoms with Gasteiger partial charge in [-0.15, -0.1) is 0 Å². The van der Waals surface area contributed by atoms with Gasteiger partial charge in [-0.05, 0) is 24.6 Å². The van der Waals surface area contributed by atoms with Gasteiger partial charge in [0.2, 0.25) is 0 Å². The molecule has 3 rings (SSSR count). The number of esters is 2. The minimum Gasteiger partial charge on any atom is -0.489 e. The fourth-order valence-electron chi connectivity index (χ4n) is 2.60. The van der Waals surface area contributed by atoms with E-state index in [0.717, 1.165) is 5.56 Å². The van der Waals surface area contributed by atoms with E-state index < -0.39 is 22.9 Å². The van der Waals surface area contributed by atoms with Gasteiger partial charge in [0.05, 0.1) is 12.2 Å². The normalized spacial score (nSPS) is 16.7. The number of alkyl halides is 1. The lowest BCUT2D eigenvalue weighted by atomic mass is 10.0. The van der Waals surface area contributed by atoms with Gasteiger partial charge in [0, 0.05) is 5.56 Å². The van der Waals surface area contributed by atoms with Crippen LogP contribution in [0.25, 0.3) is 0 Å². The molecule has 0 bridgehead atoms. The molecule has 0 radical (unpaired) electrons. The number of hydrogen-bond donors (Lipinski definition) is 0. The van der Waals surface area contributed by atoms with E-state index in [-0.39, 0.29) is 6.61 Å². The maximum atomic E-state index is 12.1. The molecule has 1 aliphatic rings. The predicted octanol–water partition coefficient (Wildman–Crippen LogP) is 3.80. The summed E-state index contributed by atoms with van der Waals surface area (Å²) >= 11 is 3.27. The van der Waals surface area contributed by atoms with Crippen LogP contribution in [0.2, 0.25) is 0 Å². The van der Waals surface area contributed by atoms with E-state index in [1.165, 1.54) is 0 Å². The summed E-state index contributed by atoms with van der Waals surface area (Å²) in [4.78, 5) is 23.3. The molecule has 0 aromatic heterocycles. The minimum absolute atomic E-state index is 0.265. The Morgan fingerprint density at radius 2 is 2.00 bits per heavy atom. The third-order valence-corrected chi connectivity index (χ3v) is 4.67. The molecule has 0 saturated carbocycles. The Morgan fingerprint density at radius 3 is 2.72 bits per heavy atom. The summed E-state index contributed by atoms with van der Waals surface area (Å²) < 4.78 is 16.0. The summed E-state index contributed by atoms with van der Waals surface area (Å²) in [5.41, 5.74) is 2.09. The van der Waals surface area contributed by atoms with Crippen LogP contribution in [-0.2, 0) is 20.9 Å². The van der Waals surface area contributed by atoms with Gasteiger partial charge in [-0.3, -0.25) is 4.79 Å². The second kappa shape index (κ2) is 7.70. The molecular formula is C19H17BrO5. The molecule has 130 valence electrons. The molecule has 0 unspecified atom stereocenters. The van der Waals surface area contributed by atoms with Gasteiger partial charge in [-0.25, -0.2) is 4.79 Å². The first kappa shape index (κ1) is 17.5. The monoisotopic (exact) mass is 404 g/mol. The SMILES string of the molecule is CCOC(=O)[C@H](Br)[C@@H]1OC(=O)c2cc(OCc3ccccc3)ccc21. The zero-order valence-electron chi connectivity index (χ0n) is 13.6. The third-order valence-electron chi connectivity index (χ3n) is 3.81. The molecule has 5 nitrogen and oxygen atoms in total. The number of rotatable bonds is 6. The number of carbonyl (C=O) groups excluding carboxylic acids is 2. The summed E-state index contributed by atoms with van der Waals surface area (Å²) in [6, 6.07) is 14.9. The molecule has 0 saturated heterocycles. The highest BCUT2D eigenvalue weighted by molar-refractivity contribution is 9.10. The van der Waals surface area contributed by atoms with E-state index in [4.69, 9.17) is 14.2 Å². The first-order valence-corrected chi connectivity index (χ1v) is 8.84. The van der Waals surface area contributed by atoms with Crippen molar-refractivity contribution in [2.24, 2.45) is 0 Å². The molecule has 0 aliphatic carbocycles. The van der Waals surface area contributed by atoms with Gasteiger partial charge in [-0.2, -0.15) is 0 Å². The van der Waals surface area contributed by atoms with Gasteiger partial charge in [0.25, 0.3) is 0 Å². The van der Waals surface area contributed by atoms with Crippen molar-refractivity contribution >= 4 is 27.9 Å². The van der Waals surface area contributed by atoms with Crippen LogP contribution >= 0.6 is 15.9 Å². The molecular weight excluding hydrogens is 388 g/mol. The molecule has 0 amide bonds. The average molecular weight is 405 g/mol. The first-order valence-electron chi connectivity index (χ1n) is 7.92. The van der Waals surface area contributed by atoms with Crippen LogP contribution in [0.5, 0.6) is 5.75 Å². The number of ether oxygens (including phenoxy) is 3. The smallest absolute Gasteiger partial charge is 0.339 e. The van der Waals surface area contributed by atoms with Crippen LogP contribution in [0.15, 0.2) is 48.5 Å². The molecule has 6 heteroatoms. The summed E-state index contributed by atoms with van der Waals surface area (Å²) in [5.74, 6) is -0.362. The van der Waals surface area contributed by atoms with E-state index in [1.807, 2.05) is 30.3 Å². The first-order chi connectivity index (χ1) is 12.1. The molecule has 2 atom stereocenters. The Balaban J connectivity index is 1.75. The molecule has 25 heavy (non-hydrogen) atoms. The molecule has 2 aromatic carbocycles. The molecule has 0 fully saturated rings. The van der Waals surface area contributed by atoms with Gasteiger partial charge in [-0.1, -0.05) is 52.3 Å². The van der Waals surface area contributed by atoms with Gasteiger partial charge in [0.15, 0.2) is 10.9 Å². The maximum absolute atomic E-state index is 12.1. The van der Waals surface area contributed by atoms with Crippen LogP contribution < -0.4 is 4.74 Å². The van der Waals surface area contributed by atoms with Gasteiger partial charge >= 0.3 is 11.9 Å². The standard InChI is InChI=1S/C19H17BrO5/c1-2-23-19(22)16(20)17-14-9-8-13(10-15(14)18(21)25-17)24-11-12-6-4-3-5-7-12/h3-10,16-17H,2,11H2,1H3/t16-,17-/m1/s1. The average Bonchev–Trinajstić information content (AvgIpc) is 2.97. The zero-order chi connectivity index (χ0) is 17.8. The Kier molecular flexibility index (Phi) is 5.38. The number of benzene rings is 2. The van der Waals surface area contributed by atoms with Crippen LogP contribution in [0.1, 0.15) is 34.5 Å². The highest BCUT2D eigenvalue weighted by Crippen LogP contribution is 2.38. The van der Waals surface area contributed by atoms with E-state index >= 15 is 0 Å². The zero-order valence-corrected chi connectivity index (χ0v) is 15.2. The van der Waals surface area contributed by atoms with Crippen molar-refractivity contribution in [2.75, 3.05) is 6.61 Å². The number of halogens is 1. The predicted molar refractivity (Wildman–Crippen MR) is 94.7 cm³/mol. The molecule has 1 aliphatic heterocycles. The number of hydrogen-bond acceptors (Lipinski definition) is 5. The van der Waals surface area contributed by atoms with Crippen LogP contribution in [0.3, 0.4) is 0 Å². The third kappa shape index (κ3) is 3.85. The second-order valence-corrected chi connectivity index (χ2v) is 6.49. The van der Waals surface area contributed by atoms with Crippen molar-refractivity contribution in [3.8, 4) is 5.75 Å². The van der Waals surface area contributed by atoms with Crippen molar-refractivity contribution in [3.05, 3.63) is 65.2 Å². The summed E-state index contributed by atoms with van der Waals surface area (Å²) in [5, 5.41) is 0. The molecule has 0 N–H and O–H groups in total. The van der Waals surface area contributed by atoms with Crippen molar-refractivity contribution in [3.63, 3.8) is 0 Å². The molecule has 2 aromatic rings. The number of cyclic esters (lactones) is 1. The lowest BCUT2D eigenvalue weighted by Crippen LogP contribution is -2.24. The lowest BCUT2D eigenvalue weighted by molar-refractivity contribution is -0.144. The van der Waals surface area contributed by atoms with Gasteiger partial charge in [0.1, 0.15) is 12.4 Å². The lowest BCUT2D eigenvalue weighted by Gasteiger charge is -2.16. The van der Waals surface area contributed by atoms with Gasteiger partial charge < -0.3 is 14.2 Å². The highest BCUT2D eigenvalue weighted by atomic mass is 79.9. The second-order valence-electron chi connectivity index (χ2n) is 5.50.